The third-order valence-corrected chi connectivity index (χ3v) is 3.23. The number of aliphatic hydroxyl groups is 1. The standard InChI is InChI=1S/C13H18F3NO2S/c1-17(8-11(18)9-19-2)7-10-3-5-12(6-4-10)20-13(14,15)16/h3-6,11,18H,7-9H2,1-2H3. The Balaban J connectivity index is 2.48. The van der Waals surface area contributed by atoms with E-state index in [0.29, 0.717) is 13.1 Å². The van der Waals surface area contributed by atoms with Gasteiger partial charge in [-0.25, -0.2) is 0 Å². The van der Waals surface area contributed by atoms with Crippen molar-refractivity contribution in [2.75, 3.05) is 27.3 Å². The molecule has 0 spiro atoms. The van der Waals surface area contributed by atoms with Gasteiger partial charge in [-0.05, 0) is 36.5 Å². The molecule has 3 nitrogen and oxygen atoms in total. The number of methoxy groups -OCH3 is 1. The number of rotatable bonds is 7. The molecular formula is C13H18F3NO2S. The van der Waals surface area contributed by atoms with Crippen LogP contribution in [0.4, 0.5) is 13.2 Å². The molecule has 7 heteroatoms. The van der Waals surface area contributed by atoms with Crippen LogP contribution in [0.1, 0.15) is 5.56 Å². The molecule has 1 unspecified atom stereocenters. The summed E-state index contributed by atoms with van der Waals surface area (Å²) < 4.78 is 41.4. The Hall–Kier alpha value is -0.760. The lowest BCUT2D eigenvalue weighted by Gasteiger charge is -2.20. The first-order chi connectivity index (χ1) is 9.30. The Bertz CT molecular complexity index is 398. The van der Waals surface area contributed by atoms with Gasteiger partial charge < -0.3 is 9.84 Å². The van der Waals surface area contributed by atoms with E-state index in [9.17, 15) is 18.3 Å². The van der Waals surface area contributed by atoms with Crippen molar-refractivity contribution in [2.45, 2.75) is 23.1 Å². The summed E-state index contributed by atoms with van der Waals surface area (Å²) in [6.07, 6.45) is -0.579. The number of nitrogens with zero attached hydrogens (tertiary/aromatic N) is 1. The second-order valence-corrected chi connectivity index (χ2v) is 5.64. The number of benzene rings is 1. The van der Waals surface area contributed by atoms with Gasteiger partial charge in [0.1, 0.15) is 0 Å². The van der Waals surface area contributed by atoms with Crippen LogP contribution in [0.5, 0.6) is 0 Å². The molecule has 0 aliphatic heterocycles. The van der Waals surface area contributed by atoms with Crippen LogP contribution < -0.4 is 0 Å². The summed E-state index contributed by atoms with van der Waals surface area (Å²) in [5.41, 5.74) is -3.37. The number of aliphatic hydroxyl groups excluding tert-OH is 1. The van der Waals surface area contributed by atoms with Crippen molar-refractivity contribution in [3.05, 3.63) is 29.8 Å². The molecule has 0 saturated heterocycles. The number of hydrogen-bond donors (Lipinski definition) is 1. The Morgan fingerprint density at radius 1 is 1.30 bits per heavy atom. The van der Waals surface area contributed by atoms with Crippen LogP contribution in [-0.2, 0) is 11.3 Å². The van der Waals surface area contributed by atoms with Crippen molar-refractivity contribution in [3.63, 3.8) is 0 Å². The first kappa shape index (κ1) is 17.3. The maximum absolute atomic E-state index is 12.2. The second-order valence-electron chi connectivity index (χ2n) is 4.50. The van der Waals surface area contributed by atoms with E-state index in [1.165, 1.54) is 19.2 Å². The van der Waals surface area contributed by atoms with Gasteiger partial charge in [-0.2, -0.15) is 13.2 Å². The van der Waals surface area contributed by atoms with Gasteiger partial charge in [0, 0.05) is 25.1 Å². The maximum atomic E-state index is 12.2. The van der Waals surface area contributed by atoms with Crippen LogP contribution in [0.2, 0.25) is 0 Å². The zero-order valence-electron chi connectivity index (χ0n) is 11.4. The van der Waals surface area contributed by atoms with Gasteiger partial charge in [0.2, 0.25) is 0 Å². The number of thioether (sulfide) groups is 1. The molecule has 0 saturated carbocycles. The molecule has 0 bridgehead atoms. The quantitative estimate of drug-likeness (QED) is 0.785. The lowest BCUT2D eigenvalue weighted by Crippen LogP contribution is -2.31. The molecule has 0 amide bonds. The molecule has 1 aromatic rings. The molecule has 114 valence electrons. The van der Waals surface area contributed by atoms with Gasteiger partial charge in [-0.15, -0.1) is 0 Å². The van der Waals surface area contributed by atoms with Gasteiger partial charge in [-0.3, -0.25) is 4.90 Å². The van der Waals surface area contributed by atoms with Crippen molar-refractivity contribution >= 4 is 11.8 Å². The molecule has 1 atom stereocenters. The minimum absolute atomic E-state index is 0.125. The van der Waals surface area contributed by atoms with Crippen molar-refractivity contribution in [2.24, 2.45) is 0 Å². The van der Waals surface area contributed by atoms with Crippen LogP contribution in [0.15, 0.2) is 29.2 Å². The third-order valence-electron chi connectivity index (χ3n) is 2.49. The molecule has 0 aliphatic carbocycles. The van der Waals surface area contributed by atoms with E-state index in [0.717, 1.165) is 5.56 Å². The zero-order chi connectivity index (χ0) is 15.2. The molecule has 1 rings (SSSR count). The van der Waals surface area contributed by atoms with E-state index in [1.54, 1.807) is 12.1 Å². The van der Waals surface area contributed by atoms with Crippen molar-refractivity contribution in [3.8, 4) is 0 Å². The van der Waals surface area contributed by atoms with Crippen LogP contribution in [-0.4, -0.2) is 48.9 Å². The normalized spacial score (nSPS) is 13.8. The van der Waals surface area contributed by atoms with Crippen molar-refractivity contribution in [1.29, 1.82) is 0 Å². The monoisotopic (exact) mass is 309 g/mol. The summed E-state index contributed by atoms with van der Waals surface area (Å²) in [5, 5.41) is 9.57. The van der Waals surface area contributed by atoms with E-state index in [1.807, 2.05) is 11.9 Å². The van der Waals surface area contributed by atoms with Crippen molar-refractivity contribution in [1.82, 2.24) is 4.90 Å². The Labute approximate surface area is 120 Å². The van der Waals surface area contributed by atoms with E-state index < -0.39 is 11.6 Å². The molecule has 0 heterocycles. The topological polar surface area (TPSA) is 32.7 Å². The largest absolute Gasteiger partial charge is 0.446 e. The molecule has 1 aromatic carbocycles. The number of alkyl halides is 3. The van der Waals surface area contributed by atoms with Crippen LogP contribution in [0, 0.1) is 0 Å². The van der Waals surface area contributed by atoms with Crippen molar-refractivity contribution < 1.29 is 23.0 Å². The minimum atomic E-state index is -4.26. The lowest BCUT2D eigenvalue weighted by atomic mass is 10.2. The van der Waals surface area contributed by atoms with Gasteiger partial charge >= 0.3 is 5.51 Å². The molecule has 0 fully saturated rings. The fraction of sp³-hybridized carbons (Fsp3) is 0.538. The Morgan fingerprint density at radius 2 is 1.90 bits per heavy atom. The fourth-order valence-corrected chi connectivity index (χ4v) is 2.32. The Morgan fingerprint density at radius 3 is 2.40 bits per heavy atom. The first-order valence-electron chi connectivity index (χ1n) is 6.00. The summed E-state index contributed by atoms with van der Waals surface area (Å²) in [6, 6.07) is 6.22. The maximum Gasteiger partial charge on any atom is 0.446 e. The fourth-order valence-electron chi connectivity index (χ4n) is 1.78. The first-order valence-corrected chi connectivity index (χ1v) is 6.82. The van der Waals surface area contributed by atoms with Crippen LogP contribution in [0.25, 0.3) is 0 Å². The van der Waals surface area contributed by atoms with Gasteiger partial charge in [0.15, 0.2) is 0 Å². The SMILES string of the molecule is COCC(O)CN(C)Cc1ccc(SC(F)(F)F)cc1. The molecule has 0 aromatic heterocycles. The average Bonchev–Trinajstić information content (AvgIpc) is 2.30. The smallest absolute Gasteiger partial charge is 0.389 e. The number of likely N-dealkylation sites (N-methyl/N-ethyl adjacent to an activating group) is 1. The third kappa shape index (κ3) is 7.14. The number of hydrogen-bond acceptors (Lipinski definition) is 4. The number of ether oxygens (including phenoxy) is 1. The minimum Gasteiger partial charge on any atom is -0.389 e. The Kier molecular flexibility index (Phi) is 6.81. The van der Waals surface area contributed by atoms with E-state index >= 15 is 0 Å². The summed E-state index contributed by atoms with van der Waals surface area (Å²) in [5.74, 6) is 0. The predicted octanol–water partition coefficient (Wildman–Crippen LogP) is 2.74. The highest BCUT2D eigenvalue weighted by Crippen LogP contribution is 2.36. The summed E-state index contributed by atoms with van der Waals surface area (Å²) in [4.78, 5) is 2.05. The molecular weight excluding hydrogens is 291 g/mol. The van der Waals surface area contributed by atoms with E-state index in [-0.39, 0.29) is 23.3 Å². The van der Waals surface area contributed by atoms with Gasteiger partial charge in [0.25, 0.3) is 0 Å². The van der Waals surface area contributed by atoms with E-state index in [2.05, 4.69) is 0 Å². The van der Waals surface area contributed by atoms with Gasteiger partial charge in [0.05, 0.1) is 12.7 Å². The molecule has 0 aliphatic rings. The highest BCUT2D eigenvalue weighted by atomic mass is 32.2. The average molecular weight is 309 g/mol. The summed E-state index contributed by atoms with van der Waals surface area (Å²) in [6.45, 7) is 1.25. The van der Waals surface area contributed by atoms with Crippen LogP contribution >= 0.6 is 11.8 Å². The van der Waals surface area contributed by atoms with Crippen LogP contribution in [0.3, 0.4) is 0 Å². The van der Waals surface area contributed by atoms with Gasteiger partial charge in [-0.1, -0.05) is 12.1 Å². The predicted molar refractivity (Wildman–Crippen MR) is 72.6 cm³/mol. The lowest BCUT2D eigenvalue weighted by molar-refractivity contribution is -0.0328. The van der Waals surface area contributed by atoms with E-state index in [4.69, 9.17) is 4.74 Å². The summed E-state index contributed by atoms with van der Waals surface area (Å²) in [7, 11) is 3.34. The number of halogens is 3. The second kappa shape index (κ2) is 7.87. The molecule has 20 heavy (non-hydrogen) atoms. The highest BCUT2D eigenvalue weighted by molar-refractivity contribution is 8.00. The molecule has 0 radical (unpaired) electrons. The zero-order valence-corrected chi connectivity index (χ0v) is 12.2. The highest BCUT2D eigenvalue weighted by Gasteiger charge is 2.28. The summed E-state index contributed by atoms with van der Waals surface area (Å²) >= 11 is -0.125. The molecule has 1 N–H and O–H groups in total.